The smallest absolute Gasteiger partial charge is 0.243 e. The summed E-state index contributed by atoms with van der Waals surface area (Å²) in [4.78, 5) is 12.5. The van der Waals surface area contributed by atoms with E-state index in [4.69, 9.17) is 0 Å². The average molecular weight is 451 g/mol. The molecule has 5 nitrogen and oxygen atoms in total. The van der Waals surface area contributed by atoms with E-state index in [0.717, 1.165) is 35.7 Å². The lowest BCUT2D eigenvalue weighted by molar-refractivity contribution is -0.115. The van der Waals surface area contributed by atoms with Crippen LogP contribution >= 0.6 is 15.9 Å². The summed E-state index contributed by atoms with van der Waals surface area (Å²) in [6.45, 7) is 1.11. The summed E-state index contributed by atoms with van der Waals surface area (Å²) in [5.74, 6) is -0.183. The molecule has 0 saturated carbocycles. The first kappa shape index (κ1) is 20.0. The molecule has 144 valence electrons. The van der Waals surface area contributed by atoms with Gasteiger partial charge in [-0.15, -0.1) is 0 Å². The van der Waals surface area contributed by atoms with E-state index in [9.17, 15) is 13.2 Å². The number of rotatable bonds is 5. The Balaban J connectivity index is 1.72. The van der Waals surface area contributed by atoms with E-state index < -0.39 is 10.0 Å². The second-order valence-electron chi connectivity index (χ2n) is 6.70. The van der Waals surface area contributed by atoms with Crippen molar-refractivity contribution < 1.29 is 13.2 Å². The number of carbonyl (C=O) groups excluding carboxylic acids is 1. The standard InChI is InChI=1S/C20H23BrN2O3S/c21-17-8-5-7-16(13-17)14-20(24)22-18-9-6-10-19(15-18)27(25,26)23-11-3-1-2-4-12-23/h5-10,13,15H,1-4,11-12,14H2,(H,22,24). The third kappa shape index (κ3) is 5.40. The van der Waals surface area contributed by atoms with Crippen LogP contribution in [0.3, 0.4) is 0 Å². The summed E-state index contributed by atoms with van der Waals surface area (Å²) in [7, 11) is -3.53. The lowest BCUT2D eigenvalue weighted by Crippen LogP contribution is -2.32. The Morgan fingerprint density at radius 2 is 1.70 bits per heavy atom. The maximum absolute atomic E-state index is 12.9. The fourth-order valence-electron chi connectivity index (χ4n) is 3.20. The van der Waals surface area contributed by atoms with Crippen LogP contribution in [0, 0.1) is 0 Å². The first-order chi connectivity index (χ1) is 12.9. The first-order valence-corrected chi connectivity index (χ1v) is 11.3. The SMILES string of the molecule is O=C(Cc1cccc(Br)c1)Nc1cccc(S(=O)(=O)N2CCCCCC2)c1. The van der Waals surface area contributed by atoms with Crippen LogP contribution in [0.5, 0.6) is 0 Å². The second kappa shape index (κ2) is 8.99. The number of sulfonamides is 1. The van der Waals surface area contributed by atoms with Gasteiger partial charge < -0.3 is 5.32 Å². The van der Waals surface area contributed by atoms with Gasteiger partial charge in [0.05, 0.1) is 11.3 Å². The number of amides is 1. The lowest BCUT2D eigenvalue weighted by Gasteiger charge is -2.20. The Bertz CT molecular complexity index is 907. The molecule has 7 heteroatoms. The van der Waals surface area contributed by atoms with Crippen LogP contribution < -0.4 is 5.32 Å². The van der Waals surface area contributed by atoms with Gasteiger partial charge in [-0.3, -0.25) is 4.79 Å². The minimum Gasteiger partial charge on any atom is -0.326 e. The van der Waals surface area contributed by atoms with Crippen molar-refractivity contribution in [1.82, 2.24) is 4.31 Å². The Kier molecular flexibility index (Phi) is 6.68. The van der Waals surface area contributed by atoms with Gasteiger partial charge in [0.25, 0.3) is 0 Å². The van der Waals surface area contributed by atoms with Crippen LogP contribution in [-0.2, 0) is 21.2 Å². The zero-order valence-electron chi connectivity index (χ0n) is 15.0. The van der Waals surface area contributed by atoms with Gasteiger partial charge in [0.2, 0.25) is 15.9 Å². The quantitative estimate of drug-likeness (QED) is 0.741. The lowest BCUT2D eigenvalue weighted by atomic mass is 10.1. The number of benzene rings is 2. The number of hydrogen-bond acceptors (Lipinski definition) is 3. The van der Waals surface area contributed by atoms with E-state index in [1.807, 2.05) is 24.3 Å². The summed E-state index contributed by atoms with van der Waals surface area (Å²) in [6, 6.07) is 14.0. The zero-order valence-corrected chi connectivity index (χ0v) is 17.4. The summed E-state index contributed by atoms with van der Waals surface area (Å²) in [5, 5.41) is 2.80. The van der Waals surface area contributed by atoms with Crippen molar-refractivity contribution in [1.29, 1.82) is 0 Å². The van der Waals surface area contributed by atoms with E-state index in [1.165, 1.54) is 0 Å². The minimum absolute atomic E-state index is 0.183. The number of nitrogens with zero attached hydrogens (tertiary/aromatic N) is 1. The topological polar surface area (TPSA) is 66.5 Å². The highest BCUT2D eigenvalue weighted by Crippen LogP contribution is 2.23. The molecule has 0 unspecified atom stereocenters. The summed E-state index contributed by atoms with van der Waals surface area (Å²) in [5.41, 5.74) is 1.38. The molecule has 1 amide bonds. The zero-order chi connectivity index (χ0) is 19.3. The molecule has 2 aromatic rings. The first-order valence-electron chi connectivity index (χ1n) is 9.10. The van der Waals surface area contributed by atoms with Crippen LogP contribution in [-0.4, -0.2) is 31.7 Å². The Labute approximate surface area is 169 Å². The van der Waals surface area contributed by atoms with Gasteiger partial charge in [0.15, 0.2) is 0 Å². The molecule has 1 fully saturated rings. The highest BCUT2D eigenvalue weighted by molar-refractivity contribution is 9.10. The predicted molar refractivity (Wildman–Crippen MR) is 110 cm³/mol. The van der Waals surface area contributed by atoms with Crippen LogP contribution in [0.4, 0.5) is 5.69 Å². The molecule has 3 rings (SSSR count). The number of anilines is 1. The molecule has 2 aromatic carbocycles. The van der Waals surface area contributed by atoms with Crippen molar-refractivity contribution in [2.24, 2.45) is 0 Å². The number of halogens is 1. The van der Waals surface area contributed by atoms with Crippen LogP contribution in [0.25, 0.3) is 0 Å². The maximum atomic E-state index is 12.9. The van der Waals surface area contributed by atoms with Crippen LogP contribution in [0.15, 0.2) is 57.9 Å². The molecular weight excluding hydrogens is 428 g/mol. The van der Waals surface area contributed by atoms with Gasteiger partial charge in [-0.2, -0.15) is 4.31 Å². The third-order valence-corrected chi connectivity index (χ3v) is 6.96. The predicted octanol–water partition coefficient (Wildman–Crippen LogP) is 4.20. The van der Waals surface area contributed by atoms with Gasteiger partial charge in [-0.05, 0) is 48.7 Å². The molecular formula is C20H23BrN2O3S. The number of hydrogen-bond donors (Lipinski definition) is 1. The molecule has 27 heavy (non-hydrogen) atoms. The van der Waals surface area contributed by atoms with Crippen LogP contribution in [0.2, 0.25) is 0 Å². The molecule has 0 radical (unpaired) electrons. The molecule has 0 aliphatic carbocycles. The third-order valence-electron chi connectivity index (χ3n) is 4.57. The normalized spacial score (nSPS) is 15.9. The molecule has 0 aromatic heterocycles. The average Bonchev–Trinajstić information content (AvgIpc) is 2.92. The Hall–Kier alpha value is -1.70. The van der Waals surface area contributed by atoms with Crippen molar-refractivity contribution in [2.45, 2.75) is 37.0 Å². The maximum Gasteiger partial charge on any atom is 0.243 e. The molecule has 0 spiro atoms. The summed E-state index contributed by atoms with van der Waals surface area (Å²) >= 11 is 3.39. The van der Waals surface area contributed by atoms with Crippen molar-refractivity contribution >= 4 is 37.5 Å². The number of carbonyl (C=O) groups is 1. The molecule has 1 aliphatic heterocycles. The molecule has 1 N–H and O–H groups in total. The van der Waals surface area contributed by atoms with E-state index in [0.29, 0.717) is 18.8 Å². The summed E-state index contributed by atoms with van der Waals surface area (Å²) in [6.07, 6.45) is 4.14. The highest BCUT2D eigenvalue weighted by atomic mass is 79.9. The van der Waals surface area contributed by atoms with E-state index >= 15 is 0 Å². The molecule has 0 bridgehead atoms. The molecule has 1 heterocycles. The van der Waals surface area contributed by atoms with Crippen molar-refractivity contribution in [2.75, 3.05) is 18.4 Å². The largest absolute Gasteiger partial charge is 0.326 e. The minimum atomic E-state index is -3.53. The second-order valence-corrected chi connectivity index (χ2v) is 9.55. The fourth-order valence-corrected chi connectivity index (χ4v) is 5.21. The monoisotopic (exact) mass is 450 g/mol. The number of nitrogens with one attached hydrogen (secondary N) is 1. The molecule has 1 saturated heterocycles. The van der Waals surface area contributed by atoms with E-state index in [1.54, 1.807) is 28.6 Å². The van der Waals surface area contributed by atoms with Crippen molar-refractivity contribution in [3.05, 3.63) is 58.6 Å². The van der Waals surface area contributed by atoms with E-state index in [-0.39, 0.29) is 17.2 Å². The summed E-state index contributed by atoms with van der Waals surface area (Å²) < 4.78 is 28.3. The fraction of sp³-hybridized carbons (Fsp3) is 0.350. The van der Waals surface area contributed by atoms with Crippen LogP contribution in [0.1, 0.15) is 31.2 Å². The molecule has 1 aliphatic rings. The van der Waals surface area contributed by atoms with E-state index in [2.05, 4.69) is 21.2 Å². The highest BCUT2D eigenvalue weighted by Gasteiger charge is 2.25. The Morgan fingerprint density at radius 3 is 2.41 bits per heavy atom. The Morgan fingerprint density at radius 1 is 1.00 bits per heavy atom. The molecule has 0 atom stereocenters. The van der Waals surface area contributed by atoms with Gasteiger partial charge in [0.1, 0.15) is 0 Å². The van der Waals surface area contributed by atoms with Gasteiger partial charge >= 0.3 is 0 Å². The van der Waals surface area contributed by atoms with Crippen molar-refractivity contribution in [3.63, 3.8) is 0 Å². The van der Waals surface area contributed by atoms with Crippen molar-refractivity contribution in [3.8, 4) is 0 Å². The van der Waals surface area contributed by atoms with Gasteiger partial charge in [-0.1, -0.05) is 47.0 Å². The van der Waals surface area contributed by atoms with Gasteiger partial charge in [-0.25, -0.2) is 8.42 Å². The van der Waals surface area contributed by atoms with Gasteiger partial charge in [0, 0.05) is 23.2 Å².